The van der Waals surface area contributed by atoms with Crippen molar-refractivity contribution in [2.75, 3.05) is 12.1 Å². The molecule has 0 aromatic heterocycles. The number of rotatable bonds is 5. The van der Waals surface area contributed by atoms with Gasteiger partial charge in [0.05, 0.1) is 0 Å². The summed E-state index contributed by atoms with van der Waals surface area (Å²) in [6, 6.07) is 6.20. The van der Waals surface area contributed by atoms with Crippen LogP contribution in [0.3, 0.4) is 0 Å². The first-order chi connectivity index (χ1) is 8.29. The Hall–Kier alpha value is -0.960. The van der Waals surface area contributed by atoms with Crippen LogP contribution in [-0.2, 0) is 6.42 Å². The fraction of sp³-hybridized carbons (Fsp3) is 0.429. The molecular formula is C14H17BrO2. The molecule has 0 amide bonds. The average Bonchev–Trinajstić information content (AvgIpc) is 2.81. The molecule has 0 atom stereocenters. The lowest BCUT2D eigenvalue weighted by Gasteiger charge is -2.03. The minimum atomic E-state index is 0.350. The summed E-state index contributed by atoms with van der Waals surface area (Å²) in [5.41, 5.74) is 2.75. The van der Waals surface area contributed by atoms with E-state index in [0.29, 0.717) is 6.79 Å². The van der Waals surface area contributed by atoms with Crippen LogP contribution in [0.1, 0.15) is 25.3 Å². The van der Waals surface area contributed by atoms with Crippen molar-refractivity contribution in [3.8, 4) is 11.5 Å². The van der Waals surface area contributed by atoms with E-state index >= 15 is 0 Å². The second-order valence-corrected chi connectivity index (χ2v) is 5.01. The van der Waals surface area contributed by atoms with Gasteiger partial charge in [-0.1, -0.05) is 33.6 Å². The number of fused-ring (bicyclic) bond motifs is 1. The lowest BCUT2D eigenvalue weighted by molar-refractivity contribution is 0.174. The third kappa shape index (κ3) is 3.50. The zero-order valence-corrected chi connectivity index (χ0v) is 11.6. The number of aryl methyl sites for hydroxylation is 1. The van der Waals surface area contributed by atoms with Crippen LogP contribution in [0, 0.1) is 0 Å². The van der Waals surface area contributed by atoms with Crippen LogP contribution in [0.15, 0.2) is 29.8 Å². The Morgan fingerprint density at radius 1 is 1.35 bits per heavy atom. The summed E-state index contributed by atoms with van der Waals surface area (Å²) in [5, 5.41) is 1.04. The number of halogens is 1. The molecule has 0 spiro atoms. The average molecular weight is 297 g/mol. The van der Waals surface area contributed by atoms with E-state index in [4.69, 9.17) is 9.47 Å². The molecule has 17 heavy (non-hydrogen) atoms. The van der Waals surface area contributed by atoms with Gasteiger partial charge >= 0.3 is 0 Å². The number of hydrogen-bond acceptors (Lipinski definition) is 2. The van der Waals surface area contributed by atoms with E-state index in [0.717, 1.165) is 36.1 Å². The van der Waals surface area contributed by atoms with E-state index < -0.39 is 0 Å². The van der Waals surface area contributed by atoms with Gasteiger partial charge < -0.3 is 9.47 Å². The van der Waals surface area contributed by atoms with Crippen LogP contribution >= 0.6 is 15.9 Å². The van der Waals surface area contributed by atoms with E-state index in [1.54, 1.807) is 0 Å². The SMILES string of the molecule is CC(=CCCBr)CCc1ccc2c(c1)OCO2. The molecule has 3 heteroatoms. The Labute approximate surface area is 111 Å². The molecule has 0 aliphatic carbocycles. The number of ether oxygens (including phenoxy) is 2. The summed E-state index contributed by atoms with van der Waals surface area (Å²) in [7, 11) is 0. The molecule has 0 saturated heterocycles. The largest absolute Gasteiger partial charge is 0.454 e. The Kier molecular flexibility index (Phi) is 4.49. The molecule has 1 aromatic rings. The monoisotopic (exact) mass is 296 g/mol. The summed E-state index contributed by atoms with van der Waals surface area (Å²) in [5.74, 6) is 1.74. The van der Waals surface area contributed by atoms with Crippen molar-refractivity contribution in [3.05, 3.63) is 35.4 Å². The van der Waals surface area contributed by atoms with E-state index in [-0.39, 0.29) is 0 Å². The van der Waals surface area contributed by atoms with Crippen molar-refractivity contribution in [2.45, 2.75) is 26.2 Å². The van der Waals surface area contributed by atoms with Crippen LogP contribution < -0.4 is 9.47 Å². The normalized spacial score (nSPS) is 14.1. The van der Waals surface area contributed by atoms with Gasteiger partial charge in [0.25, 0.3) is 0 Å². The quantitative estimate of drug-likeness (QED) is 0.602. The second kappa shape index (κ2) is 6.10. The van der Waals surface area contributed by atoms with Gasteiger partial charge in [-0.05, 0) is 43.9 Å². The fourth-order valence-electron chi connectivity index (χ4n) is 1.84. The zero-order chi connectivity index (χ0) is 12.1. The second-order valence-electron chi connectivity index (χ2n) is 4.22. The van der Waals surface area contributed by atoms with Crippen molar-refractivity contribution in [3.63, 3.8) is 0 Å². The summed E-state index contributed by atoms with van der Waals surface area (Å²) < 4.78 is 10.7. The fourth-order valence-corrected chi connectivity index (χ4v) is 2.07. The highest BCUT2D eigenvalue weighted by atomic mass is 79.9. The lowest BCUT2D eigenvalue weighted by Crippen LogP contribution is -1.93. The summed E-state index contributed by atoms with van der Waals surface area (Å²) >= 11 is 3.43. The highest BCUT2D eigenvalue weighted by molar-refractivity contribution is 9.09. The number of alkyl halides is 1. The number of hydrogen-bond donors (Lipinski definition) is 0. The minimum absolute atomic E-state index is 0.350. The Balaban J connectivity index is 1.91. The molecule has 0 unspecified atom stereocenters. The van der Waals surface area contributed by atoms with Crippen LogP contribution in [0.4, 0.5) is 0 Å². The molecule has 1 heterocycles. The van der Waals surface area contributed by atoms with E-state index in [1.165, 1.54) is 11.1 Å². The van der Waals surface area contributed by atoms with Crippen LogP contribution in [0.2, 0.25) is 0 Å². The summed E-state index contributed by atoms with van der Waals surface area (Å²) in [4.78, 5) is 0. The smallest absolute Gasteiger partial charge is 0.231 e. The van der Waals surface area contributed by atoms with Crippen molar-refractivity contribution in [1.82, 2.24) is 0 Å². The van der Waals surface area contributed by atoms with Crippen molar-refractivity contribution < 1.29 is 9.47 Å². The first kappa shape index (κ1) is 12.5. The molecular weight excluding hydrogens is 280 g/mol. The minimum Gasteiger partial charge on any atom is -0.454 e. The van der Waals surface area contributed by atoms with E-state index in [2.05, 4.69) is 41.1 Å². The predicted molar refractivity (Wildman–Crippen MR) is 73.1 cm³/mol. The van der Waals surface area contributed by atoms with Crippen molar-refractivity contribution in [2.24, 2.45) is 0 Å². The highest BCUT2D eigenvalue weighted by Crippen LogP contribution is 2.32. The Morgan fingerprint density at radius 2 is 2.18 bits per heavy atom. The molecule has 1 aromatic carbocycles. The topological polar surface area (TPSA) is 18.5 Å². The number of allylic oxidation sites excluding steroid dienone is 2. The molecule has 0 saturated carbocycles. The molecule has 1 aliphatic heterocycles. The van der Waals surface area contributed by atoms with Gasteiger partial charge in [0, 0.05) is 5.33 Å². The third-order valence-electron chi connectivity index (χ3n) is 2.85. The van der Waals surface area contributed by atoms with Crippen LogP contribution in [0.25, 0.3) is 0 Å². The van der Waals surface area contributed by atoms with Gasteiger partial charge in [-0.25, -0.2) is 0 Å². The van der Waals surface area contributed by atoms with Gasteiger partial charge in [-0.2, -0.15) is 0 Å². The van der Waals surface area contributed by atoms with Crippen molar-refractivity contribution in [1.29, 1.82) is 0 Å². The molecule has 0 bridgehead atoms. The molecule has 92 valence electrons. The molecule has 1 aliphatic rings. The maximum absolute atomic E-state index is 5.37. The maximum atomic E-state index is 5.37. The van der Waals surface area contributed by atoms with Crippen LogP contribution in [0.5, 0.6) is 11.5 Å². The predicted octanol–water partition coefficient (Wildman–Crippen LogP) is 4.08. The van der Waals surface area contributed by atoms with E-state index in [1.807, 2.05) is 6.07 Å². The maximum Gasteiger partial charge on any atom is 0.231 e. The number of benzene rings is 1. The molecule has 2 rings (SSSR count). The van der Waals surface area contributed by atoms with Gasteiger partial charge in [0.15, 0.2) is 11.5 Å². The van der Waals surface area contributed by atoms with Gasteiger partial charge in [0.2, 0.25) is 6.79 Å². The Morgan fingerprint density at radius 3 is 3.00 bits per heavy atom. The zero-order valence-electron chi connectivity index (χ0n) is 10.0. The molecule has 0 radical (unpaired) electrons. The van der Waals surface area contributed by atoms with Crippen LogP contribution in [-0.4, -0.2) is 12.1 Å². The third-order valence-corrected chi connectivity index (χ3v) is 3.30. The molecule has 0 N–H and O–H groups in total. The highest BCUT2D eigenvalue weighted by Gasteiger charge is 2.12. The van der Waals surface area contributed by atoms with Gasteiger partial charge in [-0.15, -0.1) is 0 Å². The summed E-state index contributed by atoms with van der Waals surface area (Å²) in [6.45, 7) is 2.54. The van der Waals surface area contributed by atoms with E-state index in [9.17, 15) is 0 Å². The van der Waals surface area contributed by atoms with Gasteiger partial charge in [-0.3, -0.25) is 0 Å². The molecule has 0 fully saturated rings. The summed E-state index contributed by atoms with van der Waals surface area (Å²) in [6.07, 6.45) is 5.56. The first-order valence-electron chi connectivity index (χ1n) is 5.89. The standard InChI is InChI=1S/C14H17BrO2/c1-11(3-2-8-15)4-5-12-6-7-13-14(9-12)17-10-16-13/h3,6-7,9H,2,4-5,8,10H2,1H3. The molecule has 2 nitrogen and oxygen atoms in total. The lowest BCUT2D eigenvalue weighted by atomic mass is 10.0. The van der Waals surface area contributed by atoms with Crippen molar-refractivity contribution >= 4 is 15.9 Å². The Bertz CT molecular complexity index is 413. The van der Waals surface area contributed by atoms with Gasteiger partial charge in [0.1, 0.15) is 0 Å². The first-order valence-corrected chi connectivity index (χ1v) is 7.02.